The molecule has 1 heterocycles. The molecule has 1 N–H and O–H groups in total. The maximum atomic E-state index is 11.4. The van der Waals surface area contributed by atoms with E-state index in [1.165, 1.54) is 4.57 Å². The van der Waals surface area contributed by atoms with Gasteiger partial charge in [0.25, 0.3) is 5.56 Å². The molecule has 0 aliphatic rings. The average molecular weight is 182 g/mol. The highest BCUT2D eigenvalue weighted by molar-refractivity contribution is 4.94. The molecule has 0 bridgehead atoms. The molecule has 1 aromatic heterocycles. The van der Waals surface area contributed by atoms with Crippen LogP contribution in [0.25, 0.3) is 0 Å². The van der Waals surface area contributed by atoms with Crippen LogP contribution in [0, 0.1) is 6.92 Å². The third-order valence-electron chi connectivity index (χ3n) is 1.96. The van der Waals surface area contributed by atoms with Crippen molar-refractivity contribution >= 4 is 0 Å². The van der Waals surface area contributed by atoms with Crippen LogP contribution in [0.3, 0.4) is 0 Å². The third kappa shape index (κ3) is 2.39. The fourth-order valence-electron chi connectivity index (χ4n) is 1.06. The van der Waals surface area contributed by atoms with Crippen LogP contribution in [0.2, 0.25) is 0 Å². The van der Waals surface area contributed by atoms with Gasteiger partial charge in [0.05, 0.1) is 12.6 Å². The van der Waals surface area contributed by atoms with Gasteiger partial charge in [-0.3, -0.25) is 9.78 Å². The highest BCUT2D eigenvalue weighted by Gasteiger charge is 2.04. The highest BCUT2D eigenvalue weighted by Crippen LogP contribution is 1.93. The standard InChI is InChI=1S/C9H14N2O2/c1-3-8(12)6-11-5-4-10-7(2)9(11)13/h4-5,8,12H,3,6H2,1-2H3. The van der Waals surface area contributed by atoms with Crippen molar-refractivity contribution in [2.75, 3.05) is 0 Å². The van der Waals surface area contributed by atoms with Crippen molar-refractivity contribution < 1.29 is 5.11 Å². The normalized spacial score (nSPS) is 12.8. The Kier molecular flexibility index (Phi) is 3.19. The van der Waals surface area contributed by atoms with Crippen molar-refractivity contribution in [2.45, 2.75) is 32.9 Å². The quantitative estimate of drug-likeness (QED) is 0.732. The summed E-state index contributed by atoms with van der Waals surface area (Å²) in [6, 6.07) is 0. The van der Waals surface area contributed by atoms with E-state index in [2.05, 4.69) is 4.98 Å². The third-order valence-corrected chi connectivity index (χ3v) is 1.96. The van der Waals surface area contributed by atoms with E-state index in [-0.39, 0.29) is 5.56 Å². The second-order valence-corrected chi connectivity index (χ2v) is 3.03. The summed E-state index contributed by atoms with van der Waals surface area (Å²) in [4.78, 5) is 15.3. The molecule has 1 aromatic rings. The fourth-order valence-corrected chi connectivity index (χ4v) is 1.06. The van der Waals surface area contributed by atoms with E-state index in [1.54, 1.807) is 19.3 Å². The SMILES string of the molecule is CCC(O)Cn1ccnc(C)c1=O. The summed E-state index contributed by atoms with van der Waals surface area (Å²) in [6.45, 7) is 3.89. The molecular formula is C9H14N2O2. The Labute approximate surface area is 76.9 Å². The smallest absolute Gasteiger partial charge is 0.272 e. The van der Waals surface area contributed by atoms with Crippen LogP contribution in [-0.2, 0) is 6.54 Å². The van der Waals surface area contributed by atoms with Crippen molar-refractivity contribution in [3.8, 4) is 0 Å². The van der Waals surface area contributed by atoms with Gasteiger partial charge in [-0.05, 0) is 13.3 Å². The predicted octanol–water partition coefficient (Wildman–Crippen LogP) is 0.323. The molecule has 0 spiro atoms. The van der Waals surface area contributed by atoms with Gasteiger partial charge in [0.1, 0.15) is 5.69 Å². The van der Waals surface area contributed by atoms with E-state index in [1.807, 2.05) is 6.92 Å². The Morgan fingerprint density at radius 3 is 3.00 bits per heavy atom. The predicted molar refractivity (Wildman–Crippen MR) is 49.5 cm³/mol. The average Bonchev–Trinajstić information content (AvgIpc) is 2.13. The van der Waals surface area contributed by atoms with Crippen LogP contribution in [0.1, 0.15) is 19.0 Å². The van der Waals surface area contributed by atoms with Crippen LogP contribution < -0.4 is 5.56 Å². The molecule has 0 fully saturated rings. The second kappa shape index (κ2) is 4.18. The summed E-state index contributed by atoms with van der Waals surface area (Å²) in [6.07, 6.45) is 3.35. The molecule has 0 aliphatic carbocycles. The Hall–Kier alpha value is -1.16. The molecule has 1 rings (SSSR count). The largest absolute Gasteiger partial charge is 0.391 e. The van der Waals surface area contributed by atoms with Crippen LogP contribution >= 0.6 is 0 Å². The molecule has 13 heavy (non-hydrogen) atoms. The van der Waals surface area contributed by atoms with E-state index >= 15 is 0 Å². The molecule has 0 saturated carbocycles. The van der Waals surface area contributed by atoms with Gasteiger partial charge in [0, 0.05) is 12.4 Å². The lowest BCUT2D eigenvalue weighted by Crippen LogP contribution is -2.27. The van der Waals surface area contributed by atoms with Gasteiger partial charge in [0.15, 0.2) is 0 Å². The Morgan fingerprint density at radius 1 is 1.69 bits per heavy atom. The molecule has 0 saturated heterocycles. The number of aryl methyl sites for hydroxylation is 1. The minimum atomic E-state index is -0.459. The number of hydrogen-bond acceptors (Lipinski definition) is 3. The highest BCUT2D eigenvalue weighted by atomic mass is 16.3. The number of hydrogen-bond donors (Lipinski definition) is 1. The summed E-state index contributed by atoms with van der Waals surface area (Å²) in [5.41, 5.74) is 0.334. The lowest BCUT2D eigenvalue weighted by Gasteiger charge is -2.09. The van der Waals surface area contributed by atoms with Crippen molar-refractivity contribution in [2.24, 2.45) is 0 Å². The molecule has 1 atom stereocenters. The lowest BCUT2D eigenvalue weighted by atomic mass is 10.3. The van der Waals surface area contributed by atoms with Crippen molar-refractivity contribution in [1.82, 2.24) is 9.55 Å². The van der Waals surface area contributed by atoms with E-state index in [0.717, 1.165) is 0 Å². The first-order chi connectivity index (χ1) is 6.15. The molecule has 0 aliphatic heterocycles. The van der Waals surface area contributed by atoms with Gasteiger partial charge in [-0.25, -0.2) is 0 Å². The van der Waals surface area contributed by atoms with Gasteiger partial charge >= 0.3 is 0 Å². The van der Waals surface area contributed by atoms with Gasteiger partial charge < -0.3 is 9.67 Å². The van der Waals surface area contributed by atoms with Crippen molar-refractivity contribution in [3.63, 3.8) is 0 Å². The Bertz CT molecular complexity index is 333. The zero-order chi connectivity index (χ0) is 9.84. The molecular weight excluding hydrogens is 168 g/mol. The number of rotatable bonds is 3. The first-order valence-electron chi connectivity index (χ1n) is 4.35. The van der Waals surface area contributed by atoms with Crippen LogP contribution in [0.5, 0.6) is 0 Å². The van der Waals surface area contributed by atoms with E-state index < -0.39 is 6.10 Å². The molecule has 1 unspecified atom stereocenters. The van der Waals surface area contributed by atoms with Crippen molar-refractivity contribution in [1.29, 1.82) is 0 Å². The second-order valence-electron chi connectivity index (χ2n) is 3.03. The van der Waals surface area contributed by atoms with E-state index in [0.29, 0.717) is 18.7 Å². The summed E-state index contributed by atoms with van der Waals surface area (Å²) in [7, 11) is 0. The van der Waals surface area contributed by atoms with Gasteiger partial charge in [-0.15, -0.1) is 0 Å². The first-order valence-corrected chi connectivity index (χ1v) is 4.35. The number of aliphatic hydroxyl groups excluding tert-OH is 1. The minimum Gasteiger partial charge on any atom is -0.391 e. The van der Waals surface area contributed by atoms with Crippen LogP contribution in [-0.4, -0.2) is 20.8 Å². The molecule has 4 heteroatoms. The zero-order valence-corrected chi connectivity index (χ0v) is 7.90. The summed E-state index contributed by atoms with van der Waals surface area (Å²) in [5, 5.41) is 9.35. The molecule has 0 amide bonds. The van der Waals surface area contributed by atoms with Crippen LogP contribution in [0.15, 0.2) is 17.2 Å². The number of aliphatic hydroxyl groups is 1. The Morgan fingerprint density at radius 2 is 2.38 bits per heavy atom. The van der Waals surface area contributed by atoms with Gasteiger partial charge in [-0.2, -0.15) is 0 Å². The number of aromatic nitrogens is 2. The summed E-state index contributed by atoms with van der Waals surface area (Å²) < 4.78 is 1.48. The fraction of sp³-hybridized carbons (Fsp3) is 0.556. The molecule has 0 radical (unpaired) electrons. The Balaban J connectivity index is 2.89. The van der Waals surface area contributed by atoms with Gasteiger partial charge in [0.2, 0.25) is 0 Å². The number of nitrogens with zero attached hydrogens (tertiary/aromatic N) is 2. The lowest BCUT2D eigenvalue weighted by molar-refractivity contribution is 0.148. The van der Waals surface area contributed by atoms with E-state index in [4.69, 9.17) is 0 Å². The summed E-state index contributed by atoms with van der Waals surface area (Å²) >= 11 is 0. The monoisotopic (exact) mass is 182 g/mol. The maximum absolute atomic E-state index is 11.4. The molecule has 72 valence electrons. The molecule has 0 aromatic carbocycles. The minimum absolute atomic E-state index is 0.130. The van der Waals surface area contributed by atoms with Crippen LogP contribution in [0.4, 0.5) is 0 Å². The topological polar surface area (TPSA) is 55.1 Å². The van der Waals surface area contributed by atoms with Crippen molar-refractivity contribution in [3.05, 3.63) is 28.4 Å². The maximum Gasteiger partial charge on any atom is 0.272 e. The zero-order valence-electron chi connectivity index (χ0n) is 7.90. The molecule has 4 nitrogen and oxygen atoms in total. The first kappa shape index (κ1) is 9.92. The van der Waals surface area contributed by atoms with E-state index in [9.17, 15) is 9.90 Å². The summed E-state index contributed by atoms with van der Waals surface area (Å²) in [5.74, 6) is 0. The van der Waals surface area contributed by atoms with Gasteiger partial charge in [-0.1, -0.05) is 6.92 Å².